The number of halogens is 2. The molecule has 150 valence electrons. The SMILES string of the molecule is O=C1C(=O)N(Cc2ccccn2)C(c2ccc(Cl)c(Cl)c2)/C1=C(/O)c1ccccc1. The number of carbonyl (C=O) groups is 2. The van der Waals surface area contributed by atoms with Crippen LogP contribution in [-0.2, 0) is 16.1 Å². The Morgan fingerprint density at radius 2 is 1.70 bits per heavy atom. The van der Waals surface area contributed by atoms with Crippen LogP contribution in [0, 0.1) is 0 Å². The van der Waals surface area contributed by atoms with E-state index < -0.39 is 17.7 Å². The highest BCUT2D eigenvalue weighted by Gasteiger charge is 2.46. The van der Waals surface area contributed by atoms with Gasteiger partial charge in [-0.05, 0) is 29.8 Å². The Hall–Kier alpha value is -3.15. The van der Waals surface area contributed by atoms with Crippen molar-refractivity contribution in [2.75, 3.05) is 0 Å². The Balaban J connectivity index is 1.88. The maximum absolute atomic E-state index is 13.0. The predicted molar refractivity (Wildman–Crippen MR) is 115 cm³/mol. The molecular formula is C23H16Cl2N2O3. The molecule has 0 bridgehead atoms. The van der Waals surface area contributed by atoms with Crippen molar-refractivity contribution in [2.45, 2.75) is 12.6 Å². The zero-order valence-corrected chi connectivity index (χ0v) is 17.1. The molecule has 2 aromatic carbocycles. The van der Waals surface area contributed by atoms with Crippen LogP contribution in [0.25, 0.3) is 5.76 Å². The van der Waals surface area contributed by atoms with E-state index in [2.05, 4.69) is 4.98 Å². The van der Waals surface area contributed by atoms with E-state index in [4.69, 9.17) is 23.2 Å². The van der Waals surface area contributed by atoms with Crippen molar-refractivity contribution in [2.24, 2.45) is 0 Å². The Bertz CT molecular complexity index is 1150. The maximum atomic E-state index is 13.0. The monoisotopic (exact) mass is 438 g/mol. The third-order valence-corrected chi connectivity index (χ3v) is 5.64. The zero-order valence-electron chi connectivity index (χ0n) is 15.6. The molecule has 0 radical (unpaired) electrons. The Morgan fingerprint density at radius 3 is 2.37 bits per heavy atom. The molecule has 1 unspecified atom stereocenters. The van der Waals surface area contributed by atoms with E-state index in [1.807, 2.05) is 0 Å². The van der Waals surface area contributed by atoms with Crippen LogP contribution >= 0.6 is 23.2 Å². The zero-order chi connectivity index (χ0) is 21.3. The van der Waals surface area contributed by atoms with Crippen LogP contribution in [0.2, 0.25) is 10.0 Å². The van der Waals surface area contributed by atoms with Gasteiger partial charge in [-0.2, -0.15) is 0 Å². The molecule has 30 heavy (non-hydrogen) atoms. The number of pyridine rings is 1. The van der Waals surface area contributed by atoms with E-state index in [0.29, 0.717) is 21.8 Å². The first-order valence-corrected chi connectivity index (χ1v) is 9.91. The van der Waals surface area contributed by atoms with E-state index in [1.54, 1.807) is 72.9 Å². The van der Waals surface area contributed by atoms with E-state index in [-0.39, 0.29) is 22.9 Å². The Labute approximate surface area is 183 Å². The standard InChI is InChI=1S/C23H16Cl2N2O3/c24-17-10-9-15(12-18(17)25)20-19(21(28)14-6-2-1-3-7-14)22(29)23(30)27(20)13-16-8-4-5-11-26-16/h1-12,20,28H,13H2/b21-19-. The Morgan fingerprint density at radius 1 is 0.967 bits per heavy atom. The lowest BCUT2D eigenvalue weighted by molar-refractivity contribution is -0.140. The minimum atomic E-state index is -0.832. The van der Waals surface area contributed by atoms with Crippen LogP contribution < -0.4 is 0 Å². The summed E-state index contributed by atoms with van der Waals surface area (Å²) in [7, 11) is 0. The second-order valence-corrected chi connectivity index (χ2v) is 7.60. The maximum Gasteiger partial charge on any atom is 0.296 e. The molecule has 0 aliphatic carbocycles. The molecule has 4 rings (SSSR count). The summed E-state index contributed by atoms with van der Waals surface area (Å²) in [5.74, 6) is -1.72. The average Bonchev–Trinajstić information content (AvgIpc) is 3.01. The second kappa shape index (κ2) is 8.30. The number of hydrogen-bond donors (Lipinski definition) is 1. The number of nitrogens with zero attached hydrogens (tertiary/aromatic N) is 2. The number of aliphatic hydroxyl groups excluding tert-OH is 1. The topological polar surface area (TPSA) is 70.5 Å². The molecule has 5 nitrogen and oxygen atoms in total. The van der Waals surface area contributed by atoms with Gasteiger partial charge in [-0.1, -0.05) is 65.7 Å². The van der Waals surface area contributed by atoms with Gasteiger partial charge >= 0.3 is 0 Å². The summed E-state index contributed by atoms with van der Waals surface area (Å²) in [6.07, 6.45) is 1.62. The van der Waals surface area contributed by atoms with Crippen LogP contribution in [0.4, 0.5) is 0 Å². The molecule has 1 aromatic heterocycles. The fourth-order valence-corrected chi connectivity index (χ4v) is 3.80. The van der Waals surface area contributed by atoms with Crippen molar-refractivity contribution in [3.05, 3.63) is 105 Å². The lowest BCUT2D eigenvalue weighted by Gasteiger charge is -2.25. The number of likely N-dealkylation sites (tertiary alicyclic amines) is 1. The fourth-order valence-electron chi connectivity index (χ4n) is 3.49. The Kier molecular flexibility index (Phi) is 5.57. The number of ketones is 1. The minimum absolute atomic E-state index is 0.000482. The molecule has 0 saturated carbocycles. The van der Waals surface area contributed by atoms with Crippen LogP contribution in [0.3, 0.4) is 0 Å². The molecule has 3 aromatic rings. The van der Waals surface area contributed by atoms with Crippen molar-refractivity contribution < 1.29 is 14.7 Å². The fraction of sp³-hybridized carbons (Fsp3) is 0.0870. The molecule has 1 amide bonds. The number of aliphatic hydroxyl groups is 1. The molecule has 1 fully saturated rings. The average molecular weight is 439 g/mol. The number of rotatable bonds is 4. The molecule has 1 saturated heterocycles. The van der Waals surface area contributed by atoms with Crippen molar-refractivity contribution in [3.8, 4) is 0 Å². The quantitative estimate of drug-likeness (QED) is 0.353. The normalized spacial score (nSPS) is 18.1. The number of benzene rings is 2. The third kappa shape index (κ3) is 3.70. The number of aromatic nitrogens is 1. The van der Waals surface area contributed by atoms with Crippen molar-refractivity contribution in [1.29, 1.82) is 0 Å². The van der Waals surface area contributed by atoms with Gasteiger partial charge in [0.1, 0.15) is 5.76 Å². The summed E-state index contributed by atoms with van der Waals surface area (Å²) in [6, 6.07) is 18.0. The van der Waals surface area contributed by atoms with Gasteiger partial charge in [0.25, 0.3) is 11.7 Å². The van der Waals surface area contributed by atoms with Gasteiger partial charge in [0, 0.05) is 11.8 Å². The number of hydrogen-bond acceptors (Lipinski definition) is 4. The highest BCUT2D eigenvalue weighted by Crippen LogP contribution is 2.41. The summed E-state index contributed by atoms with van der Waals surface area (Å²) in [6.45, 7) is 0.0991. The van der Waals surface area contributed by atoms with E-state index in [9.17, 15) is 14.7 Å². The lowest BCUT2D eigenvalue weighted by Crippen LogP contribution is -2.29. The smallest absolute Gasteiger partial charge is 0.296 e. The van der Waals surface area contributed by atoms with Gasteiger partial charge in [-0.25, -0.2) is 0 Å². The molecular weight excluding hydrogens is 423 g/mol. The molecule has 1 aliphatic rings. The van der Waals surface area contributed by atoms with E-state index in [1.165, 1.54) is 4.90 Å². The van der Waals surface area contributed by atoms with Gasteiger partial charge in [-0.15, -0.1) is 0 Å². The van der Waals surface area contributed by atoms with Gasteiger partial charge in [0.2, 0.25) is 0 Å². The molecule has 1 N–H and O–H groups in total. The van der Waals surface area contributed by atoms with Crippen LogP contribution in [-0.4, -0.2) is 26.7 Å². The van der Waals surface area contributed by atoms with Crippen LogP contribution in [0.5, 0.6) is 0 Å². The largest absolute Gasteiger partial charge is 0.507 e. The first-order chi connectivity index (χ1) is 14.5. The first-order valence-electron chi connectivity index (χ1n) is 9.16. The van der Waals surface area contributed by atoms with Crippen molar-refractivity contribution >= 4 is 40.7 Å². The predicted octanol–water partition coefficient (Wildman–Crippen LogP) is 5.01. The molecule has 7 heteroatoms. The third-order valence-electron chi connectivity index (χ3n) is 4.91. The lowest BCUT2D eigenvalue weighted by atomic mass is 9.95. The summed E-state index contributed by atoms with van der Waals surface area (Å²) >= 11 is 12.3. The van der Waals surface area contributed by atoms with Gasteiger partial charge < -0.3 is 10.0 Å². The van der Waals surface area contributed by atoms with Crippen molar-refractivity contribution in [3.63, 3.8) is 0 Å². The van der Waals surface area contributed by atoms with Crippen LogP contribution in [0.15, 0.2) is 78.5 Å². The molecule has 2 heterocycles. The van der Waals surface area contributed by atoms with Gasteiger partial charge in [-0.3, -0.25) is 14.6 Å². The number of amides is 1. The van der Waals surface area contributed by atoms with Crippen LogP contribution in [0.1, 0.15) is 22.9 Å². The van der Waals surface area contributed by atoms with E-state index in [0.717, 1.165) is 0 Å². The molecule has 0 spiro atoms. The highest BCUT2D eigenvalue weighted by atomic mass is 35.5. The van der Waals surface area contributed by atoms with Gasteiger partial charge in [0.05, 0.1) is 33.9 Å². The minimum Gasteiger partial charge on any atom is -0.507 e. The first kappa shape index (κ1) is 20.1. The summed E-state index contributed by atoms with van der Waals surface area (Å²) in [5.41, 5.74) is 1.63. The highest BCUT2D eigenvalue weighted by molar-refractivity contribution is 6.46. The van der Waals surface area contributed by atoms with Crippen molar-refractivity contribution in [1.82, 2.24) is 9.88 Å². The number of Topliss-reactive ketones (excluding diaryl/α,β-unsaturated/α-hetero) is 1. The summed E-state index contributed by atoms with van der Waals surface area (Å²) in [4.78, 5) is 31.5. The summed E-state index contributed by atoms with van der Waals surface area (Å²) < 4.78 is 0. The van der Waals surface area contributed by atoms with E-state index >= 15 is 0 Å². The van der Waals surface area contributed by atoms with Gasteiger partial charge in [0.15, 0.2) is 0 Å². The number of carbonyl (C=O) groups excluding carboxylic acids is 2. The molecule has 1 atom stereocenters. The summed E-state index contributed by atoms with van der Waals surface area (Å²) in [5, 5.41) is 11.6. The second-order valence-electron chi connectivity index (χ2n) is 6.79. The molecule has 1 aliphatic heterocycles.